The molecule has 1 aliphatic heterocycles. The standard InChI is InChI=1S/C23H22N4O2S/c1-2-17-13-18-22(26-21(27-23(18)30-17)16-4-3-8-24-14-16)25-9-7-15-5-6-19-20(12-15)29-11-10-28-19/h3-6,8,12-14H,2,7,9-11H2,1H3,(H,25,26,27). The lowest BCUT2D eigenvalue weighted by atomic mass is 10.1. The van der Waals surface area contributed by atoms with Gasteiger partial charge in [0.25, 0.3) is 0 Å². The molecule has 6 nitrogen and oxygen atoms in total. The summed E-state index contributed by atoms with van der Waals surface area (Å²) in [5.74, 6) is 3.21. The van der Waals surface area contributed by atoms with Crippen LogP contribution in [0.25, 0.3) is 21.6 Å². The SMILES string of the molecule is CCc1cc2c(NCCc3ccc4c(c3)OCCO4)nc(-c3cccnc3)nc2s1. The Balaban J connectivity index is 1.39. The minimum Gasteiger partial charge on any atom is -0.486 e. The smallest absolute Gasteiger partial charge is 0.164 e. The highest BCUT2D eigenvalue weighted by atomic mass is 32.1. The summed E-state index contributed by atoms with van der Waals surface area (Å²) in [6.07, 6.45) is 5.40. The Bertz CT molecular complexity index is 1180. The summed E-state index contributed by atoms with van der Waals surface area (Å²) in [7, 11) is 0. The van der Waals surface area contributed by atoms with Gasteiger partial charge in [-0.2, -0.15) is 0 Å². The minimum atomic E-state index is 0.600. The Morgan fingerprint density at radius 3 is 2.80 bits per heavy atom. The maximum absolute atomic E-state index is 5.70. The second kappa shape index (κ2) is 8.28. The van der Waals surface area contributed by atoms with Gasteiger partial charge in [0, 0.05) is 29.4 Å². The van der Waals surface area contributed by atoms with Gasteiger partial charge in [-0.25, -0.2) is 9.97 Å². The molecule has 0 saturated heterocycles. The lowest BCUT2D eigenvalue weighted by molar-refractivity contribution is 0.171. The number of hydrogen-bond donors (Lipinski definition) is 1. The fourth-order valence-electron chi connectivity index (χ4n) is 3.47. The zero-order valence-electron chi connectivity index (χ0n) is 16.7. The van der Waals surface area contributed by atoms with E-state index in [4.69, 9.17) is 19.4 Å². The lowest BCUT2D eigenvalue weighted by Crippen LogP contribution is -2.15. The molecule has 0 fully saturated rings. The Labute approximate surface area is 178 Å². The van der Waals surface area contributed by atoms with Crippen molar-refractivity contribution in [2.75, 3.05) is 25.1 Å². The Morgan fingerprint density at radius 1 is 1.07 bits per heavy atom. The first-order valence-electron chi connectivity index (χ1n) is 10.1. The van der Waals surface area contributed by atoms with Gasteiger partial charge in [-0.3, -0.25) is 4.98 Å². The number of hydrogen-bond acceptors (Lipinski definition) is 7. The van der Waals surface area contributed by atoms with Crippen LogP contribution >= 0.6 is 11.3 Å². The maximum Gasteiger partial charge on any atom is 0.164 e. The van der Waals surface area contributed by atoms with Crippen LogP contribution in [0, 0.1) is 0 Å². The van der Waals surface area contributed by atoms with E-state index in [9.17, 15) is 0 Å². The van der Waals surface area contributed by atoms with Crippen molar-refractivity contribution in [1.29, 1.82) is 0 Å². The third kappa shape index (κ3) is 3.80. The van der Waals surface area contributed by atoms with Crippen molar-refractivity contribution in [3.8, 4) is 22.9 Å². The molecule has 4 heterocycles. The number of nitrogens with one attached hydrogen (secondary N) is 1. The molecule has 152 valence electrons. The molecule has 0 saturated carbocycles. The van der Waals surface area contributed by atoms with Crippen molar-refractivity contribution in [2.24, 2.45) is 0 Å². The van der Waals surface area contributed by atoms with Gasteiger partial charge in [0.2, 0.25) is 0 Å². The molecular weight excluding hydrogens is 396 g/mol. The number of aromatic nitrogens is 3. The first-order chi connectivity index (χ1) is 14.8. The highest BCUT2D eigenvalue weighted by Gasteiger charge is 2.14. The molecule has 0 radical (unpaired) electrons. The van der Waals surface area contributed by atoms with Crippen LogP contribution in [0.15, 0.2) is 48.8 Å². The van der Waals surface area contributed by atoms with E-state index in [0.717, 1.165) is 52.5 Å². The number of fused-ring (bicyclic) bond motifs is 2. The largest absolute Gasteiger partial charge is 0.486 e. The summed E-state index contributed by atoms with van der Waals surface area (Å²) in [5, 5.41) is 4.60. The van der Waals surface area contributed by atoms with Gasteiger partial charge in [0.1, 0.15) is 23.9 Å². The van der Waals surface area contributed by atoms with Crippen molar-refractivity contribution in [1.82, 2.24) is 15.0 Å². The van der Waals surface area contributed by atoms with Crippen LogP contribution in [0.2, 0.25) is 0 Å². The third-order valence-corrected chi connectivity index (χ3v) is 6.20. The number of nitrogens with zero attached hydrogens (tertiary/aromatic N) is 3. The van der Waals surface area contributed by atoms with Crippen LogP contribution in [0.4, 0.5) is 5.82 Å². The molecular formula is C23H22N4O2S. The van der Waals surface area contributed by atoms with Gasteiger partial charge in [-0.15, -0.1) is 11.3 Å². The Hall–Kier alpha value is -3.19. The van der Waals surface area contributed by atoms with Crippen molar-refractivity contribution >= 4 is 27.4 Å². The molecule has 5 rings (SSSR count). The molecule has 1 aliphatic rings. The second-order valence-corrected chi connectivity index (χ2v) is 8.19. The molecule has 0 aliphatic carbocycles. The molecule has 3 aromatic heterocycles. The molecule has 4 aromatic rings. The van der Waals surface area contributed by atoms with E-state index >= 15 is 0 Å². The van der Waals surface area contributed by atoms with Gasteiger partial charge in [0.15, 0.2) is 17.3 Å². The molecule has 0 spiro atoms. The van der Waals surface area contributed by atoms with Crippen LogP contribution in [0.1, 0.15) is 17.4 Å². The van der Waals surface area contributed by atoms with Crippen molar-refractivity contribution in [3.05, 3.63) is 59.2 Å². The predicted molar refractivity (Wildman–Crippen MR) is 120 cm³/mol. The van der Waals surface area contributed by atoms with Gasteiger partial charge in [-0.1, -0.05) is 13.0 Å². The van der Waals surface area contributed by atoms with E-state index < -0.39 is 0 Å². The third-order valence-electron chi connectivity index (χ3n) is 5.02. The van der Waals surface area contributed by atoms with Crippen molar-refractivity contribution < 1.29 is 9.47 Å². The normalized spacial score (nSPS) is 12.8. The summed E-state index contributed by atoms with van der Waals surface area (Å²) >= 11 is 1.72. The van der Waals surface area contributed by atoms with Gasteiger partial charge >= 0.3 is 0 Å². The van der Waals surface area contributed by atoms with E-state index in [2.05, 4.69) is 35.4 Å². The summed E-state index contributed by atoms with van der Waals surface area (Å²) in [4.78, 5) is 16.1. The Kier molecular flexibility index (Phi) is 5.19. The number of aryl methyl sites for hydroxylation is 1. The average Bonchev–Trinajstić information content (AvgIpc) is 3.23. The molecule has 30 heavy (non-hydrogen) atoms. The highest BCUT2D eigenvalue weighted by molar-refractivity contribution is 7.18. The molecule has 0 bridgehead atoms. The highest BCUT2D eigenvalue weighted by Crippen LogP contribution is 2.32. The number of ether oxygens (including phenoxy) is 2. The lowest BCUT2D eigenvalue weighted by Gasteiger charge is -2.19. The van der Waals surface area contributed by atoms with Crippen LogP contribution < -0.4 is 14.8 Å². The molecule has 0 unspecified atom stereocenters. The minimum absolute atomic E-state index is 0.600. The average molecular weight is 419 g/mol. The van der Waals surface area contributed by atoms with E-state index in [1.807, 2.05) is 18.2 Å². The first-order valence-corrected chi connectivity index (χ1v) is 10.9. The predicted octanol–water partition coefficient (Wildman–Crippen LogP) is 4.74. The van der Waals surface area contributed by atoms with E-state index in [1.54, 1.807) is 23.7 Å². The maximum atomic E-state index is 5.70. The molecule has 7 heteroatoms. The van der Waals surface area contributed by atoms with Crippen LogP contribution in [0.5, 0.6) is 11.5 Å². The first kappa shape index (κ1) is 18.8. The Morgan fingerprint density at radius 2 is 1.97 bits per heavy atom. The van der Waals surface area contributed by atoms with Gasteiger partial charge in [0.05, 0.1) is 5.39 Å². The molecule has 1 aromatic carbocycles. The summed E-state index contributed by atoms with van der Waals surface area (Å²) in [6.45, 7) is 4.13. The van der Waals surface area contributed by atoms with Crippen LogP contribution in [0.3, 0.4) is 0 Å². The summed E-state index contributed by atoms with van der Waals surface area (Å²) in [6, 6.07) is 12.2. The quantitative estimate of drug-likeness (QED) is 0.488. The van der Waals surface area contributed by atoms with E-state index in [0.29, 0.717) is 19.0 Å². The number of anilines is 1. The van der Waals surface area contributed by atoms with Gasteiger partial charge < -0.3 is 14.8 Å². The summed E-state index contributed by atoms with van der Waals surface area (Å²) in [5.41, 5.74) is 2.12. The topological polar surface area (TPSA) is 69.2 Å². The van der Waals surface area contributed by atoms with Crippen LogP contribution in [-0.2, 0) is 12.8 Å². The molecule has 0 atom stereocenters. The fraction of sp³-hybridized carbons (Fsp3) is 0.261. The molecule has 0 amide bonds. The van der Waals surface area contributed by atoms with Crippen LogP contribution in [-0.4, -0.2) is 34.7 Å². The number of pyridine rings is 1. The monoisotopic (exact) mass is 418 g/mol. The number of thiophene rings is 1. The summed E-state index contributed by atoms with van der Waals surface area (Å²) < 4.78 is 11.3. The second-order valence-electron chi connectivity index (χ2n) is 7.08. The zero-order chi connectivity index (χ0) is 20.3. The number of rotatable bonds is 6. The van der Waals surface area contributed by atoms with Gasteiger partial charge in [-0.05, 0) is 48.7 Å². The molecule has 1 N–H and O–H groups in total. The van der Waals surface area contributed by atoms with Crippen molar-refractivity contribution in [2.45, 2.75) is 19.8 Å². The fourth-order valence-corrected chi connectivity index (χ4v) is 4.44. The van der Waals surface area contributed by atoms with E-state index in [-0.39, 0.29) is 0 Å². The van der Waals surface area contributed by atoms with Crippen molar-refractivity contribution in [3.63, 3.8) is 0 Å². The zero-order valence-corrected chi connectivity index (χ0v) is 17.5. The van der Waals surface area contributed by atoms with E-state index in [1.165, 1.54) is 10.4 Å². The number of benzene rings is 1.